The Hall–Kier alpha value is -1.07. The summed E-state index contributed by atoms with van der Waals surface area (Å²) in [6.45, 7) is 2.49. The number of halogens is 1. The highest BCUT2D eigenvalue weighted by molar-refractivity contribution is 9.10. The van der Waals surface area contributed by atoms with E-state index >= 15 is 0 Å². The first-order valence-electron chi connectivity index (χ1n) is 6.29. The van der Waals surface area contributed by atoms with Crippen molar-refractivity contribution in [1.29, 1.82) is 0 Å². The fourth-order valence-corrected chi connectivity index (χ4v) is 2.15. The molecule has 106 valence electrons. The first-order valence-corrected chi connectivity index (χ1v) is 7.09. The minimum Gasteiger partial charge on any atom is -0.496 e. The molecule has 1 aromatic carbocycles. The van der Waals surface area contributed by atoms with Gasteiger partial charge in [0.25, 0.3) is 0 Å². The largest absolute Gasteiger partial charge is 0.496 e. The average Bonchev–Trinajstić information content (AvgIpc) is 2.38. The summed E-state index contributed by atoms with van der Waals surface area (Å²) in [4.78, 5) is 13.7. The van der Waals surface area contributed by atoms with Gasteiger partial charge in [-0.05, 0) is 24.6 Å². The van der Waals surface area contributed by atoms with Gasteiger partial charge in [0.05, 0.1) is 7.11 Å². The zero-order valence-electron chi connectivity index (χ0n) is 11.6. The Morgan fingerprint density at radius 3 is 2.79 bits per heavy atom. The molecule has 0 aliphatic heterocycles. The van der Waals surface area contributed by atoms with Crippen LogP contribution in [-0.4, -0.2) is 31.0 Å². The summed E-state index contributed by atoms with van der Waals surface area (Å²) in [5.41, 5.74) is 6.78. The molecule has 1 amide bonds. The maximum atomic E-state index is 12.0. The maximum Gasteiger partial charge on any atom is 0.224 e. The Bertz CT molecular complexity index is 437. The number of hydrogen-bond donors (Lipinski definition) is 1. The lowest BCUT2D eigenvalue weighted by molar-refractivity contribution is -0.130. The minimum atomic E-state index is -0.0700. The van der Waals surface area contributed by atoms with Crippen molar-refractivity contribution < 1.29 is 9.53 Å². The van der Waals surface area contributed by atoms with Crippen LogP contribution >= 0.6 is 15.9 Å². The van der Waals surface area contributed by atoms with Crippen molar-refractivity contribution in [3.05, 3.63) is 28.2 Å². The molecular formula is C14H21BrN2O2. The molecule has 0 fully saturated rings. The van der Waals surface area contributed by atoms with Gasteiger partial charge in [0.1, 0.15) is 5.75 Å². The molecule has 0 saturated carbocycles. The second-order valence-electron chi connectivity index (χ2n) is 4.58. The number of carbonyl (C=O) groups is 1. The third-order valence-electron chi connectivity index (χ3n) is 3.04. The standard InChI is InChI=1S/C14H21BrN2O2/c1-4-12(16)8-14(18)17(2)9-10-7-11(15)5-6-13(10)19-3/h5-7,12H,4,8-9,16H2,1-3H3. The summed E-state index contributed by atoms with van der Waals surface area (Å²) in [6, 6.07) is 5.69. The number of rotatable bonds is 6. The fourth-order valence-electron chi connectivity index (χ4n) is 1.74. The lowest BCUT2D eigenvalue weighted by atomic mass is 10.1. The number of nitrogens with zero attached hydrogens (tertiary/aromatic N) is 1. The number of ether oxygens (including phenoxy) is 1. The highest BCUT2D eigenvalue weighted by atomic mass is 79.9. The summed E-state index contributed by atoms with van der Waals surface area (Å²) in [7, 11) is 3.41. The molecule has 0 spiro atoms. The molecule has 0 aliphatic rings. The summed E-state index contributed by atoms with van der Waals surface area (Å²) in [6.07, 6.45) is 1.18. The highest BCUT2D eigenvalue weighted by Crippen LogP contribution is 2.24. The fraction of sp³-hybridized carbons (Fsp3) is 0.500. The van der Waals surface area contributed by atoms with E-state index in [-0.39, 0.29) is 11.9 Å². The zero-order valence-corrected chi connectivity index (χ0v) is 13.2. The Balaban J connectivity index is 2.73. The Kier molecular flexibility index (Phi) is 6.31. The van der Waals surface area contributed by atoms with E-state index < -0.39 is 0 Å². The molecule has 1 rings (SSSR count). The third-order valence-corrected chi connectivity index (χ3v) is 3.53. The SMILES string of the molecule is CCC(N)CC(=O)N(C)Cc1cc(Br)ccc1OC. The quantitative estimate of drug-likeness (QED) is 0.873. The number of amides is 1. The first kappa shape index (κ1) is 16.0. The van der Waals surface area contributed by atoms with Crippen molar-refractivity contribution in [3.63, 3.8) is 0 Å². The molecule has 2 N–H and O–H groups in total. The van der Waals surface area contributed by atoms with Gasteiger partial charge in [-0.15, -0.1) is 0 Å². The van der Waals surface area contributed by atoms with Gasteiger partial charge in [0, 0.05) is 36.1 Å². The number of methoxy groups -OCH3 is 1. The van der Waals surface area contributed by atoms with Gasteiger partial charge >= 0.3 is 0 Å². The van der Waals surface area contributed by atoms with Crippen LogP contribution in [-0.2, 0) is 11.3 Å². The average molecular weight is 329 g/mol. The summed E-state index contributed by atoms with van der Waals surface area (Å²) >= 11 is 3.42. The predicted molar refractivity (Wildman–Crippen MR) is 80.1 cm³/mol. The van der Waals surface area contributed by atoms with Gasteiger partial charge in [-0.3, -0.25) is 4.79 Å². The molecule has 0 bridgehead atoms. The minimum absolute atomic E-state index is 0.0522. The third kappa shape index (κ3) is 4.84. The number of nitrogens with two attached hydrogens (primary N) is 1. The summed E-state index contributed by atoms with van der Waals surface area (Å²) in [5, 5.41) is 0. The van der Waals surface area contributed by atoms with Gasteiger partial charge in [0.15, 0.2) is 0 Å². The van der Waals surface area contributed by atoms with E-state index in [2.05, 4.69) is 15.9 Å². The normalized spacial score (nSPS) is 12.1. The molecule has 5 heteroatoms. The Morgan fingerprint density at radius 2 is 2.21 bits per heavy atom. The molecule has 0 aliphatic carbocycles. The van der Waals surface area contributed by atoms with Crippen molar-refractivity contribution >= 4 is 21.8 Å². The van der Waals surface area contributed by atoms with E-state index in [0.29, 0.717) is 13.0 Å². The molecule has 4 nitrogen and oxygen atoms in total. The van der Waals surface area contributed by atoms with Gasteiger partial charge < -0.3 is 15.4 Å². The lowest BCUT2D eigenvalue weighted by Gasteiger charge is -2.20. The molecule has 1 unspecified atom stereocenters. The topological polar surface area (TPSA) is 55.6 Å². The summed E-state index contributed by atoms with van der Waals surface area (Å²) < 4.78 is 6.27. The molecule has 0 radical (unpaired) electrons. The Labute approximate surface area is 123 Å². The number of carbonyl (C=O) groups excluding carboxylic acids is 1. The number of hydrogen-bond acceptors (Lipinski definition) is 3. The van der Waals surface area contributed by atoms with Crippen LogP contribution in [0.5, 0.6) is 5.75 Å². The van der Waals surface area contributed by atoms with Crippen LogP contribution in [0.4, 0.5) is 0 Å². The molecular weight excluding hydrogens is 308 g/mol. The van der Waals surface area contributed by atoms with E-state index in [9.17, 15) is 4.79 Å². The Morgan fingerprint density at radius 1 is 1.53 bits per heavy atom. The number of benzene rings is 1. The van der Waals surface area contributed by atoms with E-state index in [4.69, 9.17) is 10.5 Å². The van der Waals surface area contributed by atoms with Crippen molar-refractivity contribution in [2.24, 2.45) is 5.73 Å². The molecule has 1 aromatic rings. The molecule has 0 aromatic heterocycles. The van der Waals surface area contributed by atoms with Crippen LogP contribution in [0.2, 0.25) is 0 Å². The monoisotopic (exact) mass is 328 g/mol. The molecule has 0 saturated heterocycles. The highest BCUT2D eigenvalue weighted by Gasteiger charge is 2.14. The van der Waals surface area contributed by atoms with E-state index in [1.54, 1.807) is 19.1 Å². The lowest BCUT2D eigenvalue weighted by Crippen LogP contribution is -2.32. The van der Waals surface area contributed by atoms with Crippen LogP contribution in [0.1, 0.15) is 25.3 Å². The predicted octanol–water partition coefficient (Wildman–Crippen LogP) is 2.54. The molecule has 19 heavy (non-hydrogen) atoms. The van der Waals surface area contributed by atoms with Crippen molar-refractivity contribution in [3.8, 4) is 5.75 Å². The van der Waals surface area contributed by atoms with E-state index in [1.807, 2.05) is 25.1 Å². The second kappa shape index (κ2) is 7.50. The van der Waals surface area contributed by atoms with E-state index in [0.717, 1.165) is 22.2 Å². The van der Waals surface area contributed by atoms with Crippen molar-refractivity contribution in [1.82, 2.24) is 4.90 Å². The van der Waals surface area contributed by atoms with E-state index in [1.165, 1.54) is 0 Å². The van der Waals surface area contributed by atoms with Crippen molar-refractivity contribution in [2.45, 2.75) is 32.4 Å². The van der Waals surface area contributed by atoms with Crippen molar-refractivity contribution in [2.75, 3.05) is 14.2 Å². The zero-order chi connectivity index (χ0) is 14.4. The maximum absolute atomic E-state index is 12.0. The van der Waals surface area contributed by atoms with Crippen LogP contribution in [0.25, 0.3) is 0 Å². The van der Waals surface area contributed by atoms with Crippen LogP contribution < -0.4 is 10.5 Å². The van der Waals surface area contributed by atoms with Gasteiger partial charge in [-0.25, -0.2) is 0 Å². The van der Waals surface area contributed by atoms with Crippen LogP contribution in [0.15, 0.2) is 22.7 Å². The molecule has 0 heterocycles. The first-order chi connectivity index (χ1) is 8.97. The van der Waals surface area contributed by atoms with Gasteiger partial charge in [0.2, 0.25) is 5.91 Å². The second-order valence-corrected chi connectivity index (χ2v) is 5.49. The van der Waals surface area contributed by atoms with Crippen LogP contribution in [0.3, 0.4) is 0 Å². The molecule has 1 atom stereocenters. The summed E-state index contributed by atoms with van der Waals surface area (Å²) in [5.74, 6) is 0.832. The van der Waals surface area contributed by atoms with Gasteiger partial charge in [-0.2, -0.15) is 0 Å². The van der Waals surface area contributed by atoms with Gasteiger partial charge in [-0.1, -0.05) is 22.9 Å². The van der Waals surface area contributed by atoms with Crippen LogP contribution in [0, 0.1) is 0 Å². The smallest absolute Gasteiger partial charge is 0.224 e.